The number of imidazole rings is 1. The molecular weight excluding hydrogens is 316 g/mol. The summed E-state index contributed by atoms with van der Waals surface area (Å²) in [7, 11) is 1.99. The van der Waals surface area contributed by atoms with Crippen molar-refractivity contribution in [1.82, 2.24) is 19.4 Å². The average molecular weight is 340 g/mol. The molecule has 1 aliphatic heterocycles. The van der Waals surface area contributed by atoms with Gasteiger partial charge in [-0.2, -0.15) is 0 Å². The number of rotatable bonds is 6. The number of carboxylic acid groups (broad SMARTS) is 1. The number of aromatic nitrogens is 2. The third kappa shape index (κ3) is 4.55. The number of carbonyl (C=O) groups is 1. The zero-order chi connectivity index (χ0) is 17.6. The van der Waals surface area contributed by atoms with Gasteiger partial charge in [-0.15, -0.1) is 0 Å². The summed E-state index contributed by atoms with van der Waals surface area (Å²) in [5.74, 6) is 0.233. The van der Waals surface area contributed by atoms with Gasteiger partial charge in [0.05, 0.1) is 6.54 Å². The standard InChI is InChI=1S/C19H24N4O2/c1-21-10-9-20-18(21)15-22-11-13-23(14-12-22)17(19(24)25)8-7-16-5-3-2-4-6-16/h2-10,17H,11-15H2,1H3,(H,24,25)/b8-7+/t17-/m1/s1. The van der Waals surface area contributed by atoms with Crippen molar-refractivity contribution >= 4 is 12.0 Å². The van der Waals surface area contributed by atoms with E-state index in [0.29, 0.717) is 0 Å². The van der Waals surface area contributed by atoms with Crippen molar-refractivity contribution in [2.45, 2.75) is 12.6 Å². The van der Waals surface area contributed by atoms with Gasteiger partial charge in [0, 0.05) is 45.6 Å². The summed E-state index contributed by atoms with van der Waals surface area (Å²) >= 11 is 0. The molecule has 0 saturated carbocycles. The van der Waals surface area contributed by atoms with E-state index in [0.717, 1.165) is 44.1 Å². The molecule has 0 aliphatic carbocycles. The maximum absolute atomic E-state index is 11.7. The highest BCUT2D eigenvalue weighted by Crippen LogP contribution is 2.12. The van der Waals surface area contributed by atoms with Gasteiger partial charge in [0.1, 0.15) is 11.9 Å². The van der Waals surface area contributed by atoms with Crippen LogP contribution in [0.2, 0.25) is 0 Å². The molecule has 3 rings (SSSR count). The number of piperazine rings is 1. The van der Waals surface area contributed by atoms with Crippen LogP contribution in [0.1, 0.15) is 11.4 Å². The lowest BCUT2D eigenvalue weighted by atomic mass is 10.1. The number of hydrogen-bond donors (Lipinski definition) is 1. The van der Waals surface area contributed by atoms with Gasteiger partial charge >= 0.3 is 5.97 Å². The summed E-state index contributed by atoms with van der Waals surface area (Å²) in [6.07, 6.45) is 7.42. The maximum Gasteiger partial charge on any atom is 0.324 e. The van der Waals surface area contributed by atoms with Gasteiger partial charge in [0.25, 0.3) is 0 Å². The first-order valence-electron chi connectivity index (χ1n) is 8.52. The Labute approximate surface area is 148 Å². The second kappa shape index (κ2) is 8.09. The van der Waals surface area contributed by atoms with Gasteiger partial charge in [-0.25, -0.2) is 4.98 Å². The van der Waals surface area contributed by atoms with E-state index in [1.54, 1.807) is 12.3 Å². The SMILES string of the molecule is Cn1ccnc1CN1CCN([C@H](/C=C/c2ccccc2)C(=O)O)CC1. The lowest BCUT2D eigenvalue weighted by Gasteiger charge is -2.36. The number of nitrogens with zero attached hydrogens (tertiary/aromatic N) is 4. The molecule has 1 aromatic carbocycles. The van der Waals surface area contributed by atoms with Gasteiger partial charge in [-0.05, 0) is 5.56 Å². The monoisotopic (exact) mass is 340 g/mol. The molecule has 0 spiro atoms. The predicted molar refractivity (Wildman–Crippen MR) is 97.0 cm³/mol. The number of carboxylic acids is 1. The molecule has 0 bridgehead atoms. The summed E-state index contributed by atoms with van der Waals surface area (Å²) in [4.78, 5) is 20.4. The van der Waals surface area contributed by atoms with E-state index in [9.17, 15) is 9.90 Å². The van der Waals surface area contributed by atoms with Crippen molar-refractivity contribution in [3.05, 3.63) is 60.2 Å². The topological polar surface area (TPSA) is 61.6 Å². The molecule has 25 heavy (non-hydrogen) atoms. The van der Waals surface area contributed by atoms with Crippen LogP contribution in [-0.2, 0) is 18.4 Å². The Morgan fingerprint density at radius 2 is 1.96 bits per heavy atom. The van der Waals surface area contributed by atoms with Crippen molar-refractivity contribution in [2.24, 2.45) is 7.05 Å². The fraction of sp³-hybridized carbons (Fsp3) is 0.368. The van der Waals surface area contributed by atoms with Crippen LogP contribution in [0.15, 0.2) is 48.8 Å². The van der Waals surface area contributed by atoms with Gasteiger partial charge < -0.3 is 9.67 Å². The minimum absolute atomic E-state index is 0.587. The molecule has 0 unspecified atom stereocenters. The molecule has 0 amide bonds. The summed E-state index contributed by atoms with van der Waals surface area (Å²) in [6.45, 7) is 3.96. The van der Waals surface area contributed by atoms with E-state index in [2.05, 4.69) is 9.88 Å². The first kappa shape index (κ1) is 17.4. The molecule has 1 aliphatic rings. The minimum atomic E-state index is -0.801. The average Bonchev–Trinajstić information content (AvgIpc) is 3.02. The van der Waals surface area contributed by atoms with Gasteiger partial charge in [0.15, 0.2) is 0 Å². The van der Waals surface area contributed by atoms with Crippen LogP contribution < -0.4 is 0 Å². The van der Waals surface area contributed by atoms with E-state index in [4.69, 9.17) is 0 Å². The molecule has 2 heterocycles. The lowest BCUT2D eigenvalue weighted by molar-refractivity contribution is -0.142. The fourth-order valence-corrected chi connectivity index (χ4v) is 3.08. The molecule has 6 nitrogen and oxygen atoms in total. The van der Waals surface area contributed by atoms with E-state index in [-0.39, 0.29) is 0 Å². The molecule has 132 valence electrons. The van der Waals surface area contributed by atoms with Gasteiger partial charge in [-0.1, -0.05) is 42.5 Å². The summed E-state index contributed by atoms with van der Waals surface area (Å²) in [5.41, 5.74) is 1.02. The predicted octanol–water partition coefficient (Wildman–Crippen LogP) is 1.70. The molecule has 1 aromatic heterocycles. The smallest absolute Gasteiger partial charge is 0.324 e. The van der Waals surface area contributed by atoms with Crippen LogP contribution in [0.3, 0.4) is 0 Å². The van der Waals surface area contributed by atoms with Crippen molar-refractivity contribution < 1.29 is 9.90 Å². The molecule has 2 aromatic rings. The highest BCUT2D eigenvalue weighted by Gasteiger charge is 2.27. The van der Waals surface area contributed by atoms with Crippen molar-refractivity contribution in [3.63, 3.8) is 0 Å². The summed E-state index contributed by atoms with van der Waals surface area (Å²) in [6, 6.07) is 9.21. The quantitative estimate of drug-likeness (QED) is 0.867. The lowest BCUT2D eigenvalue weighted by Crippen LogP contribution is -2.51. The first-order chi connectivity index (χ1) is 12.1. The van der Waals surface area contributed by atoms with Crippen LogP contribution in [0.25, 0.3) is 6.08 Å². The Balaban J connectivity index is 1.58. The number of aliphatic carboxylic acids is 1. The van der Waals surface area contributed by atoms with E-state index in [1.807, 2.05) is 59.1 Å². The molecular formula is C19H24N4O2. The van der Waals surface area contributed by atoms with E-state index in [1.165, 1.54) is 0 Å². The molecule has 6 heteroatoms. The second-order valence-electron chi connectivity index (χ2n) is 6.32. The second-order valence-corrected chi connectivity index (χ2v) is 6.32. The first-order valence-corrected chi connectivity index (χ1v) is 8.52. The van der Waals surface area contributed by atoms with Gasteiger partial charge in [-0.3, -0.25) is 14.6 Å². The summed E-state index contributed by atoms with van der Waals surface area (Å²) in [5, 5.41) is 9.59. The Kier molecular flexibility index (Phi) is 5.63. The molecule has 1 atom stereocenters. The molecule has 1 N–H and O–H groups in total. The maximum atomic E-state index is 11.7. The largest absolute Gasteiger partial charge is 0.480 e. The van der Waals surface area contributed by atoms with Gasteiger partial charge in [0.2, 0.25) is 0 Å². The van der Waals surface area contributed by atoms with Crippen LogP contribution >= 0.6 is 0 Å². The van der Waals surface area contributed by atoms with Crippen molar-refractivity contribution in [2.75, 3.05) is 26.2 Å². The fourth-order valence-electron chi connectivity index (χ4n) is 3.08. The highest BCUT2D eigenvalue weighted by molar-refractivity contribution is 5.77. The number of hydrogen-bond acceptors (Lipinski definition) is 4. The number of benzene rings is 1. The Bertz CT molecular complexity index is 718. The third-order valence-corrected chi connectivity index (χ3v) is 4.61. The minimum Gasteiger partial charge on any atom is -0.480 e. The van der Waals surface area contributed by atoms with Crippen LogP contribution in [0.4, 0.5) is 0 Å². The third-order valence-electron chi connectivity index (χ3n) is 4.61. The molecule has 1 fully saturated rings. The Morgan fingerprint density at radius 3 is 2.56 bits per heavy atom. The zero-order valence-electron chi connectivity index (χ0n) is 14.5. The van der Waals surface area contributed by atoms with E-state index < -0.39 is 12.0 Å². The number of aryl methyl sites for hydroxylation is 1. The Morgan fingerprint density at radius 1 is 1.24 bits per heavy atom. The van der Waals surface area contributed by atoms with Crippen LogP contribution in [0, 0.1) is 0 Å². The molecule has 0 radical (unpaired) electrons. The van der Waals surface area contributed by atoms with Crippen LogP contribution in [-0.4, -0.2) is 62.6 Å². The summed E-state index contributed by atoms with van der Waals surface area (Å²) < 4.78 is 2.02. The van der Waals surface area contributed by atoms with Crippen LogP contribution in [0.5, 0.6) is 0 Å². The van der Waals surface area contributed by atoms with E-state index >= 15 is 0 Å². The van der Waals surface area contributed by atoms with Crippen molar-refractivity contribution in [1.29, 1.82) is 0 Å². The van der Waals surface area contributed by atoms with Crippen molar-refractivity contribution in [3.8, 4) is 0 Å². The highest BCUT2D eigenvalue weighted by atomic mass is 16.4. The zero-order valence-corrected chi connectivity index (χ0v) is 14.5. The Hall–Kier alpha value is -2.44. The normalized spacial score (nSPS) is 17.8. The molecule has 1 saturated heterocycles.